The summed E-state index contributed by atoms with van der Waals surface area (Å²) in [6, 6.07) is 6.67. The molecule has 6 heteroatoms. The van der Waals surface area contributed by atoms with Crippen molar-refractivity contribution in [1.82, 2.24) is 0 Å². The molecule has 0 spiro atoms. The van der Waals surface area contributed by atoms with E-state index in [-0.39, 0.29) is 17.9 Å². The minimum atomic E-state index is -3.31. The fourth-order valence-corrected chi connectivity index (χ4v) is 2.66. The van der Waals surface area contributed by atoms with E-state index in [0.29, 0.717) is 11.3 Å². The van der Waals surface area contributed by atoms with Gasteiger partial charge in [-0.1, -0.05) is 12.1 Å². The van der Waals surface area contributed by atoms with E-state index in [0.717, 1.165) is 0 Å². The van der Waals surface area contributed by atoms with Crippen molar-refractivity contribution in [2.24, 2.45) is 0 Å². The molecule has 94 valence electrons. The van der Waals surface area contributed by atoms with Crippen LogP contribution < -0.4 is 5.73 Å². The van der Waals surface area contributed by atoms with Crippen LogP contribution in [0.4, 0.5) is 5.69 Å². The number of hydrogen-bond donors (Lipinski definition) is 1. The van der Waals surface area contributed by atoms with E-state index < -0.39 is 15.8 Å². The van der Waals surface area contributed by atoms with E-state index in [1.165, 1.54) is 7.11 Å². The highest BCUT2D eigenvalue weighted by Gasteiger charge is 2.14. The molecule has 5 nitrogen and oxygen atoms in total. The molecule has 1 aromatic carbocycles. The van der Waals surface area contributed by atoms with Gasteiger partial charge in [0.2, 0.25) is 0 Å². The molecule has 0 saturated carbocycles. The second-order valence-corrected chi connectivity index (χ2v) is 5.85. The van der Waals surface area contributed by atoms with Gasteiger partial charge < -0.3 is 10.5 Å². The third-order valence-corrected chi connectivity index (χ3v) is 3.78. The summed E-state index contributed by atoms with van der Waals surface area (Å²) in [6.45, 7) is 0. The van der Waals surface area contributed by atoms with Crippen LogP contribution in [0, 0.1) is 0 Å². The summed E-state index contributed by atoms with van der Waals surface area (Å²) in [5.74, 6) is -0.857. The Morgan fingerprint density at radius 1 is 1.41 bits per heavy atom. The third-order valence-electron chi connectivity index (χ3n) is 2.18. The van der Waals surface area contributed by atoms with Gasteiger partial charge in [0.25, 0.3) is 0 Å². The number of rotatable bonds is 5. The molecule has 0 amide bonds. The molecule has 0 aliphatic heterocycles. The maximum absolute atomic E-state index is 11.7. The van der Waals surface area contributed by atoms with Gasteiger partial charge in [0.05, 0.1) is 25.0 Å². The van der Waals surface area contributed by atoms with Crippen molar-refractivity contribution in [3.8, 4) is 0 Å². The summed E-state index contributed by atoms with van der Waals surface area (Å²) in [5, 5.41) is 0. The number of methoxy groups -OCH3 is 1. The van der Waals surface area contributed by atoms with Gasteiger partial charge in [0.15, 0.2) is 9.84 Å². The summed E-state index contributed by atoms with van der Waals surface area (Å²) in [4.78, 5) is 10.9. The van der Waals surface area contributed by atoms with Crippen LogP contribution in [0.2, 0.25) is 0 Å². The zero-order chi connectivity index (χ0) is 12.9. The monoisotopic (exact) mass is 257 g/mol. The van der Waals surface area contributed by atoms with Gasteiger partial charge in [-0.05, 0) is 17.7 Å². The molecule has 0 aromatic heterocycles. The highest BCUT2D eigenvalue weighted by Crippen LogP contribution is 2.11. The van der Waals surface area contributed by atoms with Gasteiger partial charge in [0.1, 0.15) is 0 Å². The number of carbonyl (C=O) groups is 1. The number of ether oxygens (including phenoxy) is 1. The molecule has 0 fully saturated rings. The first-order chi connectivity index (χ1) is 7.93. The second kappa shape index (κ2) is 5.67. The highest BCUT2D eigenvalue weighted by molar-refractivity contribution is 7.90. The van der Waals surface area contributed by atoms with E-state index >= 15 is 0 Å². The minimum Gasteiger partial charge on any atom is -0.469 e. The maximum Gasteiger partial charge on any atom is 0.306 e. The molecular formula is C11H15NO4S. The first-order valence-corrected chi connectivity index (χ1v) is 6.87. The smallest absolute Gasteiger partial charge is 0.306 e. The zero-order valence-electron chi connectivity index (χ0n) is 9.55. The van der Waals surface area contributed by atoms with Crippen LogP contribution >= 0.6 is 0 Å². The minimum absolute atomic E-state index is 0.116. The molecule has 17 heavy (non-hydrogen) atoms. The van der Waals surface area contributed by atoms with Gasteiger partial charge in [-0.2, -0.15) is 0 Å². The van der Waals surface area contributed by atoms with Crippen molar-refractivity contribution in [2.75, 3.05) is 18.6 Å². The van der Waals surface area contributed by atoms with E-state index in [2.05, 4.69) is 4.74 Å². The molecule has 2 N–H and O–H groups in total. The van der Waals surface area contributed by atoms with Crippen LogP contribution in [0.3, 0.4) is 0 Å². The molecule has 0 radical (unpaired) electrons. The van der Waals surface area contributed by atoms with E-state index in [4.69, 9.17) is 5.73 Å². The van der Waals surface area contributed by atoms with Crippen LogP contribution in [0.1, 0.15) is 12.0 Å². The Morgan fingerprint density at radius 3 is 2.71 bits per heavy atom. The van der Waals surface area contributed by atoms with E-state index in [1.54, 1.807) is 24.3 Å². The van der Waals surface area contributed by atoms with Crippen molar-refractivity contribution in [1.29, 1.82) is 0 Å². The van der Waals surface area contributed by atoms with Crippen LogP contribution in [0.5, 0.6) is 0 Å². The molecule has 0 aliphatic carbocycles. The van der Waals surface area contributed by atoms with Gasteiger partial charge in [-0.15, -0.1) is 0 Å². The Balaban J connectivity index is 2.64. The third kappa shape index (κ3) is 4.86. The van der Waals surface area contributed by atoms with Gasteiger partial charge in [0, 0.05) is 5.69 Å². The Morgan fingerprint density at radius 2 is 2.12 bits per heavy atom. The lowest BCUT2D eigenvalue weighted by atomic mass is 10.2. The topological polar surface area (TPSA) is 86.5 Å². The largest absolute Gasteiger partial charge is 0.469 e. The van der Waals surface area contributed by atoms with Crippen molar-refractivity contribution in [3.63, 3.8) is 0 Å². The van der Waals surface area contributed by atoms with Gasteiger partial charge in [-0.3, -0.25) is 4.79 Å². The quantitative estimate of drug-likeness (QED) is 0.621. The number of hydrogen-bond acceptors (Lipinski definition) is 5. The zero-order valence-corrected chi connectivity index (χ0v) is 10.4. The summed E-state index contributed by atoms with van der Waals surface area (Å²) < 4.78 is 27.8. The molecule has 0 heterocycles. The van der Waals surface area contributed by atoms with E-state index in [9.17, 15) is 13.2 Å². The van der Waals surface area contributed by atoms with Crippen LogP contribution in [0.25, 0.3) is 0 Å². The van der Waals surface area contributed by atoms with Crippen LogP contribution in [0.15, 0.2) is 24.3 Å². The number of nitrogens with two attached hydrogens (primary N) is 1. The lowest BCUT2D eigenvalue weighted by molar-refractivity contribution is -0.140. The van der Waals surface area contributed by atoms with Gasteiger partial charge in [-0.25, -0.2) is 8.42 Å². The SMILES string of the molecule is COC(=O)CCS(=O)(=O)Cc1cccc(N)c1. The van der Waals surface area contributed by atoms with Crippen molar-refractivity contribution < 1.29 is 17.9 Å². The number of carbonyl (C=O) groups excluding carboxylic acids is 1. The highest BCUT2D eigenvalue weighted by atomic mass is 32.2. The van der Waals surface area contributed by atoms with Gasteiger partial charge >= 0.3 is 5.97 Å². The first-order valence-electron chi connectivity index (χ1n) is 5.04. The number of benzene rings is 1. The summed E-state index contributed by atoms with van der Waals surface area (Å²) >= 11 is 0. The lowest BCUT2D eigenvalue weighted by Gasteiger charge is -2.04. The fourth-order valence-electron chi connectivity index (χ4n) is 1.35. The van der Waals surface area contributed by atoms with Crippen molar-refractivity contribution >= 4 is 21.5 Å². The molecule has 0 saturated heterocycles. The second-order valence-electron chi connectivity index (χ2n) is 3.66. The molecule has 0 bridgehead atoms. The molecule has 0 unspecified atom stereocenters. The Kier molecular flexibility index (Phi) is 4.51. The average molecular weight is 257 g/mol. The number of nitrogen functional groups attached to an aromatic ring is 1. The predicted molar refractivity (Wildman–Crippen MR) is 65.0 cm³/mol. The molecule has 0 aliphatic rings. The Labute approximate surface area is 100 Å². The Hall–Kier alpha value is -1.56. The number of sulfone groups is 1. The summed E-state index contributed by atoms with van der Waals surface area (Å²) in [6.07, 6.45) is -0.124. The summed E-state index contributed by atoms with van der Waals surface area (Å²) in [7, 11) is -2.08. The number of anilines is 1. The maximum atomic E-state index is 11.7. The fraction of sp³-hybridized carbons (Fsp3) is 0.364. The van der Waals surface area contributed by atoms with Crippen LogP contribution in [-0.4, -0.2) is 27.2 Å². The Bertz CT molecular complexity index is 496. The van der Waals surface area contributed by atoms with E-state index in [1.807, 2.05) is 0 Å². The van der Waals surface area contributed by atoms with Crippen molar-refractivity contribution in [2.45, 2.75) is 12.2 Å². The summed E-state index contributed by atoms with van der Waals surface area (Å²) in [5.41, 5.74) is 6.69. The normalized spacial score (nSPS) is 11.1. The molecular weight excluding hydrogens is 242 g/mol. The lowest BCUT2D eigenvalue weighted by Crippen LogP contribution is -2.14. The molecule has 0 atom stereocenters. The molecule has 1 rings (SSSR count). The first kappa shape index (κ1) is 13.5. The van der Waals surface area contributed by atoms with Crippen molar-refractivity contribution in [3.05, 3.63) is 29.8 Å². The predicted octanol–water partition coefficient (Wildman–Crippen LogP) is 0.747. The average Bonchev–Trinajstić information content (AvgIpc) is 2.25. The standard InChI is InChI=1S/C11H15NO4S/c1-16-11(13)5-6-17(14,15)8-9-3-2-4-10(12)7-9/h2-4,7H,5-6,8,12H2,1H3. The molecule has 1 aromatic rings. The number of esters is 1. The van der Waals surface area contributed by atoms with Crippen LogP contribution in [-0.2, 0) is 25.1 Å².